The number of aromatic nitrogens is 2. The van der Waals surface area contributed by atoms with E-state index in [1.165, 1.54) is 0 Å². The Morgan fingerprint density at radius 2 is 1.92 bits per heavy atom. The Kier molecular flexibility index (Phi) is 7.02. The summed E-state index contributed by atoms with van der Waals surface area (Å²) < 4.78 is 38.2. The summed E-state index contributed by atoms with van der Waals surface area (Å²) in [5.41, 5.74) is -0.0222. The second-order valence-corrected chi connectivity index (χ2v) is 7.05. The minimum atomic E-state index is -4.54. The average Bonchev–Trinajstić information content (AvgIpc) is 2.61. The van der Waals surface area contributed by atoms with Gasteiger partial charge in [-0.05, 0) is 25.0 Å². The van der Waals surface area contributed by atoms with Crippen LogP contribution in [0.3, 0.4) is 0 Å². The van der Waals surface area contributed by atoms with E-state index in [0.29, 0.717) is 0 Å². The molecular weight excluding hydrogens is 363 g/mol. The molecule has 0 saturated carbocycles. The Balaban J connectivity index is 2.04. The molecule has 0 bridgehead atoms. The molecule has 2 unspecified atom stereocenters. The molecule has 2 rings (SSSR count). The third-order valence-corrected chi connectivity index (χ3v) is 4.65. The maximum Gasteiger partial charge on any atom is 0.433 e. The van der Waals surface area contributed by atoms with Gasteiger partial charge in [0.1, 0.15) is 5.69 Å². The second-order valence-electron chi connectivity index (χ2n) is 5.74. The van der Waals surface area contributed by atoms with Crippen molar-refractivity contribution in [1.29, 1.82) is 0 Å². The molecule has 1 N–H and O–H groups in total. The van der Waals surface area contributed by atoms with Gasteiger partial charge < -0.3 is 5.32 Å². The highest BCUT2D eigenvalue weighted by atomic mass is 32.2. The zero-order chi connectivity index (χ0) is 19.2. The molecule has 140 valence electrons. The van der Waals surface area contributed by atoms with E-state index in [9.17, 15) is 18.0 Å². The molecule has 0 aliphatic carbocycles. The third-order valence-electron chi connectivity index (χ3n) is 3.67. The maximum atomic E-state index is 12.7. The summed E-state index contributed by atoms with van der Waals surface area (Å²) in [6.45, 7) is 3.65. The summed E-state index contributed by atoms with van der Waals surface area (Å²) in [6.07, 6.45) is -1.83. The Hall–Kier alpha value is -2.09. The van der Waals surface area contributed by atoms with Gasteiger partial charge in [0.05, 0.1) is 11.3 Å². The van der Waals surface area contributed by atoms with Crippen LogP contribution in [0.2, 0.25) is 0 Å². The first kappa shape index (κ1) is 20.2. The van der Waals surface area contributed by atoms with Crippen molar-refractivity contribution < 1.29 is 18.0 Å². The summed E-state index contributed by atoms with van der Waals surface area (Å²) in [6, 6.07) is 10.2. The van der Waals surface area contributed by atoms with Crippen molar-refractivity contribution in [3.63, 3.8) is 0 Å². The number of nitrogens with zero attached hydrogens (tertiary/aromatic N) is 2. The maximum absolute atomic E-state index is 12.7. The number of hydrogen-bond acceptors (Lipinski definition) is 4. The Labute approximate surface area is 154 Å². The van der Waals surface area contributed by atoms with Gasteiger partial charge in [0.15, 0.2) is 5.16 Å². The number of rotatable bonds is 7. The van der Waals surface area contributed by atoms with Crippen molar-refractivity contribution in [3.8, 4) is 0 Å². The Morgan fingerprint density at radius 1 is 1.23 bits per heavy atom. The molecule has 0 fully saturated rings. The number of nitrogens with one attached hydrogen (secondary N) is 1. The van der Waals surface area contributed by atoms with E-state index in [1.807, 2.05) is 37.3 Å². The number of carbonyl (C=O) groups excluding carboxylic acids is 1. The lowest BCUT2D eigenvalue weighted by Crippen LogP contribution is -2.34. The molecule has 0 aliphatic heterocycles. The molecule has 1 aromatic heterocycles. The Bertz CT molecular complexity index is 725. The monoisotopic (exact) mass is 383 g/mol. The van der Waals surface area contributed by atoms with Crippen molar-refractivity contribution in [3.05, 3.63) is 53.9 Å². The SMILES string of the molecule is CCCC(NC(=O)C(C)Sc1nccc(C(F)(F)F)n1)c1ccccc1. The molecule has 0 aliphatic rings. The predicted molar refractivity (Wildman–Crippen MR) is 94.6 cm³/mol. The number of thioether (sulfide) groups is 1. The molecule has 2 atom stereocenters. The summed E-state index contributed by atoms with van der Waals surface area (Å²) >= 11 is 0.903. The fraction of sp³-hybridized carbons (Fsp3) is 0.389. The molecule has 26 heavy (non-hydrogen) atoms. The van der Waals surface area contributed by atoms with E-state index in [1.54, 1.807) is 6.92 Å². The number of alkyl halides is 3. The average molecular weight is 383 g/mol. The molecule has 0 spiro atoms. The first-order valence-electron chi connectivity index (χ1n) is 8.23. The molecule has 1 heterocycles. The highest BCUT2D eigenvalue weighted by Gasteiger charge is 2.33. The van der Waals surface area contributed by atoms with E-state index in [-0.39, 0.29) is 17.1 Å². The van der Waals surface area contributed by atoms with Gasteiger partial charge in [-0.25, -0.2) is 9.97 Å². The van der Waals surface area contributed by atoms with Crippen LogP contribution in [0, 0.1) is 0 Å². The fourth-order valence-electron chi connectivity index (χ4n) is 2.35. The van der Waals surface area contributed by atoms with Crippen LogP contribution in [0.25, 0.3) is 0 Å². The van der Waals surface area contributed by atoms with Gasteiger partial charge in [0.2, 0.25) is 5.91 Å². The van der Waals surface area contributed by atoms with Gasteiger partial charge in [-0.3, -0.25) is 4.79 Å². The van der Waals surface area contributed by atoms with Crippen LogP contribution in [0.5, 0.6) is 0 Å². The Morgan fingerprint density at radius 3 is 2.54 bits per heavy atom. The third kappa shape index (κ3) is 5.72. The summed E-state index contributed by atoms with van der Waals surface area (Å²) in [5, 5.41) is 2.26. The molecule has 0 radical (unpaired) electrons. The predicted octanol–water partition coefficient (Wildman–Crippen LogP) is 4.63. The topological polar surface area (TPSA) is 54.9 Å². The van der Waals surface area contributed by atoms with E-state index in [4.69, 9.17) is 0 Å². The molecule has 1 aromatic carbocycles. The molecule has 4 nitrogen and oxygen atoms in total. The first-order valence-corrected chi connectivity index (χ1v) is 9.11. The molecule has 0 saturated heterocycles. The van der Waals surface area contributed by atoms with Gasteiger partial charge in [0, 0.05) is 6.20 Å². The van der Waals surface area contributed by atoms with Crippen LogP contribution in [0.15, 0.2) is 47.8 Å². The lowest BCUT2D eigenvalue weighted by molar-refractivity contribution is -0.141. The van der Waals surface area contributed by atoms with Crippen LogP contribution < -0.4 is 5.32 Å². The van der Waals surface area contributed by atoms with Crippen LogP contribution >= 0.6 is 11.8 Å². The molecule has 2 aromatic rings. The van der Waals surface area contributed by atoms with Crippen molar-refractivity contribution in [2.45, 2.75) is 49.3 Å². The summed E-state index contributed by atoms with van der Waals surface area (Å²) in [4.78, 5) is 19.8. The number of hydrogen-bond donors (Lipinski definition) is 1. The van der Waals surface area contributed by atoms with Crippen molar-refractivity contribution in [2.24, 2.45) is 0 Å². The minimum absolute atomic E-state index is 0.0748. The highest BCUT2D eigenvalue weighted by molar-refractivity contribution is 8.00. The standard InChI is InChI=1S/C18H20F3N3OS/c1-3-7-14(13-8-5-4-6-9-13)23-16(25)12(2)26-17-22-11-10-15(24-17)18(19,20)21/h4-6,8-12,14H,3,7H2,1-2H3,(H,23,25). The molecule has 1 amide bonds. The zero-order valence-corrected chi connectivity index (χ0v) is 15.3. The number of amides is 1. The zero-order valence-electron chi connectivity index (χ0n) is 14.5. The van der Waals surface area contributed by atoms with Crippen LogP contribution in [0.1, 0.15) is 44.0 Å². The lowest BCUT2D eigenvalue weighted by atomic mass is 10.0. The lowest BCUT2D eigenvalue weighted by Gasteiger charge is -2.21. The normalized spacial score (nSPS) is 13.9. The van der Waals surface area contributed by atoms with Gasteiger partial charge in [-0.2, -0.15) is 13.2 Å². The van der Waals surface area contributed by atoms with Crippen molar-refractivity contribution in [1.82, 2.24) is 15.3 Å². The minimum Gasteiger partial charge on any atom is -0.348 e. The van der Waals surface area contributed by atoms with E-state index in [2.05, 4.69) is 15.3 Å². The number of carbonyl (C=O) groups is 1. The van der Waals surface area contributed by atoms with Gasteiger partial charge in [-0.1, -0.05) is 55.4 Å². The first-order chi connectivity index (χ1) is 12.3. The number of benzene rings is 1. The summed E-state index contributed by atoms with van der Waals surface area (Å²) in [5.74, 6) is -0.265. The fourth-order valence-corrected chi connectivity index (χ4v) is 3.12. The van der Waals surface area contributed by atoms with E-state index < -0.39 is 17.1 Å². The van der Waals surface area contributed by atoms with E-state index in [0.717, 1.165) is 42.4 Å². The van der Waals surface area contributed by atoms with Crippen LogP contribution in [-0.2, 0) is 11.0 Å². The van der Waals surface area contributed by atoms with Crippen LogP contribution in [-0.4, -0.2) is 21.1 Å². The van der Waals surface area contributed by atoms with Crippen molar-refractivity contribution in [2.75, 3.05) is 0 Å². The van der Waals surface area contributed by atoms with Crippen molar-refractivity contribution >= 4 is 17.7 Å². The number of halogens is 3. The highest BCUT2D eigenvalue weighted by Crippen LogP contribution is 2.29. The smallest absolute Gasteiger partial charge is 0.348 e. The summed E-state index contributed by atoms with van der Waals surface area (Å²) in [7, 11) is 0. The van der Waals surface area contributed by atoms with Crippen LogP contribution in [0.4, 0.5) is 13.2 Å². The second kappa shape index (κ2) is 9.02. The largest absolute Gasteiger partial charge is 0.433 e. The molecule has 8 heteroatoms. The van der Waals surface area contributed by atoms with Gasteiger partial charge in [-0.15, -0.1) is 0 Å². The van der Waals surface area contributed by atoms with Gasteiger partial charge >= 0.3 is 6.18 Å². The van der Waals surface area contributed by atoms with E-state index >= 15 is 0 Å². The molecular formula is C18H20F3N3OS. The van der Waals surface area contributed by atoms with Gasteiger partial charge in [0.25, 0.3) is 0 Å². The quantitative estimate of drug-likeness (QED) is 0.559.